The maximum atomic E-state index is 12.9. The summed E-state index contributed by atoms with van der Waals surface area (Å²) in [6.07, 6.45) is 0.958. The third-order valence-corrected chi connectivity index (χ3v) is 7.19. The summed E-state index contributed by atoms with van der Waals surface area (Å²) < 4.78 is 41.6. The van der Waals surface area contributed by atoms with Gasteiger partial charge in [-0.15, -0.1) is 0 Å². The summed E-state index contributed by atoms with van der Waals surface area (Å²) >= 11 is 0. The first-order valence-corrected chi connectivity index (χ1v) is 12.1. The van der Waals surface area contributed by atoms with E-state index in [4.69, 9.17) is 13.7 Å². The number of hydrogen-bond acceptors (Lipinski definition) is 6. The number of ether oxygens (including phenoxy) is 2. The minimum absolute atomic E-state index is 0.0429. The first kappa shape index (κ1) is 24.8. The van der Waals surface area contributed by atoms with E-state index in [0.29, 0.717) is 28.5 Å². The zero-order valence-electron chi connectivity index (χ0n) is 19.3. The van der Waals surface area contributed by atoms with Gasteiger partial charge in [-0.2, -0.15) is 8.42 Å². The van der Waals surface area contributed by atoms with Gasteiger partial charge < -0.3 is 14.6 Å². The molecule has 6 nitrogen and oxygen atoms in total. The third-order valence-electron chi connectivity index (χ3n) is 5.91. The summed E-state index contributed by atoms with van der Waals surface area (Å²) in [5, 5.41) is 11.7. The molecule has 0 radical (unpaired) electrons. The van der Waals surface area contributed by atoms with E-state index < -0.39 is 22.3 Å². The van der Waals surface area contributed by atoms with E-state index >= 15 is 0 Å². The van der Waals surface area contributed by atoms with Crippen LogP contribution in [0.4, 0.5) is 0 Å². The number of rotatable bonds is 10. The Kier molecular flexibility index (Phi) is 7.79. The minimum atomic E-state index is -4.09. The van der Waals surface area contributed by atoms with Crippen LogP contribution in [0.5, 0.6) is 11.5 Å². The Morgan fingerprint density at radius 1 is 0.818 bits per heavy atom. The van der Waals surface area contributed by atoms with E-state index in [1.54, 1.807) is 74.9 Å². The summed E-state index contributed by atoms with van der Waals surface area (Å²) in [7, 11) is -0.997. The standard InChI is InChI=1S/C26H30O6S/c1-5-19(2)20-6-16-25(17-7-20)33(28,29)32-18-26(27,21-8-12-23(30-3)13-9-21)22-10-14-24(31-4)15-11-22/h6-17,19,27H,5,18H2,1-4H3. The SMILES string of the molecule is CCC(C)c1ccc(S(=O)(=O)OCC(O)(c2ccc(OC)cc2)c2ccc(OC)cc2)cc1. The molecule has 0 aliphatic heterocycles. The van der Waals surface area contributed by atoms with E-state index in [-0.39, 0.29) is 4.90 Å². The second kappa shape index (κ2) is 10.4. The van der Waals surface area contributed by atoms with Gasteiger partial charge in [0.05, 0.1) is 19.1 Å². The Hall–Kier alpha value is -2.87. The molecule has 176 valence electrons. The van der Waals surface area contributed by atoms with Crippen LogP contribution in [0.1, 0.15) is 42.9 Å². The van der Waals surface area contributed by atoms with Crippen molar-refractivity contribution in [3.8, 4) is 11.5 Å². The van der Waals surface area contributed by atoms with Crippen LogP contribution >= 0.6 is 0 Å². The predicted molar refractivity (Wildman–Crippen MR) is 127 cm³/mol. The number of methoxy groups -OCH3 is 2. The normalized spacial score (nSPS) is 12.9. The van der Waals surface area contributed by atoms with Gasteiger partial charge >= 0.3 is 0 Å². The van der Waals surface area contributed by atoms with Crippen molar-refractivity contribution in [2.24, 2.45) is 0 Å². The van der Waals surface area contributed by atoms with Crippen molar-refractivity contribution in [1.29, 1.82) is 0 Å². The molecule has 0 saturated heterocycles. The molecule has 0 heterocycles. The lowest BCUT2D eigenvalue weighted by Gasteiger charge is -2.29. The fourth-order valence-electron chi connectivity index (χ4n) is 3.50. The molecule has 0 spiro atoms. The molecule has 0 amide bonds. The smallest absolute Gasteiger partial charge is 0.297 e. The highest BCUT2D eigenvalue weighted by atomic mass is 32.2. The Morgan fingerprint density at radius 3 is 1.67 bits per heavy atom. The van der Waals surface area contributed by atoms with Crippen molar-refractivity contribution in [3.63, 3.8) is 0 Å². The summed E-state index contributed by atoms with van der Waals surface area (Å²) in [6.45, 7) is 3.67. The Balaban J connectivity index is 1.92. The second-order valence-corrected chi connectivity index (χ2v) is 9.53. The first-order chi connectivity index (χ1) is 15.7. The lowest BCUT2D eigenvalue weighted by Crippen LogP contribution is -2.34. The summed E-state index contributed by atoms with van der Waals surface area (Å²) in [6, 6.07) is 20.2. The molecular weight excluding hydrogens is 440 g/mol. The van der Waals surface area contributed by atoms with Gasteiger partial charge in [0.15, 0.2) is 0 Å². The maximum absolute atomic E-state index is 12.9. The largest absolute Gasteiger partial charge is 0.497 e. The van der Waals surface area contributed by atoms with Gasteiger partial charge in [-0.3, -0.25) is 4.18 Å². The van der Waals surface area contributed by atoms with E-state index in [0.717, 1.165) is 12.0 Å². The number of hydrogen-bond donors (Lipinski definition) is 1. The zero-order chi connectivity index (χ0) is 24.1. The molecule has 0 bridgehead atoms. The summed E-state index contributed by atoms with van der Waals surface area (Å²) in [5.41, 5.74) is 0.276. The Morgan fingerprint density at radius 2 is 1.27 bits per heavy atom. The summed E-state index contributed by atoms with van der Waals surface area (Å²) in [5.74, 6) is 1.56. The Bertz CT molecular complexity index is 1090. The molecule has 0 saturated carbocycles. The van der Waals surface area contributed by atoms with Crippen LogP contribution in [0, 0.1) is 0 Å². The molecular formula is C26H30O6S. The lowest BCUT2D eigenvalue weighted by atomic mass is 9.87. The highest BCUT2D eigenvalue weighted by Crippen LogP contribution is 2.33. The molecule has 1 atom stereocenters. The van der Waals surface area contributed by atoms with Crippen molar-refractivity contribution >= 4 is 10.1 Å². The average molecular weight is 471 g/mol. The molecule has 1 N–H and O–H groups in total. The molecule has 0 aliphatic rings. The van der Waals surface area contributed by atoms with E-state index in [2.05, 4.69) is 13.8 Å². The van der Waals surface area contributed by atoms with Gasteiger partial charge in [-0.25, -0.2) is 0 Å². The van der Waals surface area contributed by atoms with Crippen LogP contribution in [-0.2, 0) is 19.9 Å². The van der Waals surface area contributed by atoms with Crippen LogP contribution in [0.3, 0.4) is 0 Å². The first-order valence-electron chi connectivity index (χ1n) is 10.7. The van der Waals surface area contributed by atoms with Crippen molar-refractivity contribution in [2.75, 3.05) is 20.8 Å². The predicted octanol–water partition coefficient (Wildman–Crippen LogP) is 4.86. The second-order valence-electron chi connectivity index (χ2n) is 7.91. The minimum Gasteiger partial charge on any atom is -0.497 e. The molecule has 3 aromatic carbocycles. The van der Waals surface area contributed by atoms with Gasteiger partial charge in [0.2, 0.25) is 0 Å². The Labute approximate surface area is 195 Å². The van der Waals surface area contributed by atoms with Gasteiger partial charge in [0.25, 0.3) is 10.1 Å². The lowest BCUT2D eigenvalue weighted by molar-refractivity contribution is 0.0299. The van der Waals surface area contributed by atoms with Crippen LogP contribution in [0.15, 0.2) is 77.7 Å². The summed E-state index contributed by atoms with van der Waals surface area (Å²) in [4.78, 5) is 0.0429. The monoisotopic (exact) mass is 470 g/mol. The third kappa shape index (κ3) is 5.55. The quantitative estimate of drug-likeness (QED) is 0.426. The van der Waals surface area contributed by atoms with Crippen LogP contribution in [0.2, 0.25) is 0 Å². The highest BCUT2D eigenvalue weighted by molar-refractivity contribution is 7.86. The number of benzene rings is 3. The molecule has 0 aliphatic carbocycles. The molecule has 0 fully saturated rings. The molecule has 3 rings (SSSR count). The molecule has 0 aromatic heterocycles. The fraction of sp³-hybridized carbons (Fsp3) is 0.308. The van der Waals surface area contributed by atoms with Gasteiger partial charge in [-0.05, 0) is 65.4 Å². The fourth-order valence-corrected chi connectivity index (χ4v) is 4.43. The van der Waals surface area contributed by atoms with Crippen molar-refractivity contribution in [1.82, 2.24) is 0 Å². The topological polar surface area (TPSA) is 82.1 Å². The van der Waals surface area contributed by atoms with E-state index in [9.17, 15) is 13.5 Å². The van der Waals surface area contributed by atoms with Gasteiger partial charge in [0, 0.05) is 0 Å². The van der Waals surface area contributed by atoms with Crippen LogP contribution in [-0.4, -0.2) is 34.4 Å². The van der Waals surface area contributed by atoms with E-state index in [1.165, 1.54) is 12.1 Å². The van der Waals surface area contributed by atoms with Crippen molar-refractivity contribution in [3.05, 3.63) is 89.5 Å². The molecule has 1 unspecified atom stereocenters. The van der Waals surface area contributed by atoms with Gasteiger partial charge in [-0.1, -0.05) is 50.2 Å². The zero-order valence-corrected chi connectivity index (χ0v) is 20.1. The molecule has 7 heteroatoms. The van der Waals surface area contributed by atoms with Crippen LogP contribution < -0.4 is 9.47 Å². The highest BCUT2D eigenvalue weighted by Gasteiger charge is 2.35. The van der Waals surface area contributed by atoms with Crippen molar-refractivity contribution in [2.45, 2.75) is 36.7 Å². The van der Waals surface area contributed by atoms with E-state index in [1.807, 2.05) is 0 Å². The van der Waals surface area contributed by atoms with Crippen molar-refractivity contribution < 1.29 is 27.2 Å². The molecule has 3 aromatic rings. The van der Waals surface area contributed by atoms with Gasteiger partial charge in [0.1, 0.15) is 23.7 Å². The average Bonchev–Trinajstić information content (AvgIpc) is 2.87. The number of aliphatic hydroxyl groups is 1. The molecule has 33 heavy (non-hydrogen) atoms. The van der Waals surface area contributed by atoms with Crippen LogP contribution in [0.25, 0.3) is 0 Å². The maximum Gasteiger partial charge on any atom is 0.297 e.